The summed E-state index contributed by atoms with van der Waals surface area (Å²) in [7, 11) is 0. The van der Waals surface area contributed by atoms with E-state index < -0.39 is 23.6 Å². The highest BCUT2D eigenvalue weighted by atomic mass is 32.1. The lowest BCUT2D eigenvalue weighted by molar-refractivity contribution is 0.0910. The first-order valence-electron chi connectivity index (χ1n) is 9.15. The van der Waals surface area contributed by atoms with Gasteiger partial charge in [-0.25, -0.2) is 0 Å². The molecule has 0 heterocycles. The summed E-state index contributed by atoms with van der Waals surface area (Å²) in [5, 5.41) is 10.5. The first-order chi connectivity index (χ1) is 14.4. The zero-order chi connectivity index (χ0) is 22.5. The van der Waals surface area contributed by atoms with Gasteiger partial charge in [0.2, 0.25) is 0 Å². The standard InChI is InChI=1S/C18H26N4O4S4/c23-15(19-1-5-27)11-9-13(17(25)21-3-7-29)14(18(26)22-4-8-30)10-12(11)16(24)20-2-6-28/h9-10,27-30H,1-8H2,(H,19,23)(H,20,24)(H,21,25)(H,22,26). The predicted octanol–water partition coefficient (Wildman–Crippen LogP) is 0.325. The van der Waals surface area contributed by atoms with Crippen LogP contribution in [0.15, 0.2) is 12.1 Å². The fraction of sp³-hybridized carbons (Fsp3) is 0.444. The number of carbonyl (C=O) groups excluding carboxylic acids is 4. The number of rotatable bonds is 12. The number of thiol groups is 4. The first-order valence-corrected chi connectivity index (χ1v) is 11.7. The van der Waals surface area contributed by atoms with Crippen molar-refractivity contribution in [2.24, 2.45) is 0 Å². The van der Waals surface area contributed by atoms with Gasteiger partial charge in [-0.05, 0) is 12.1 Å². The van der Waals surface area contributed by atoms with Crippen LogP contribution in [-0.4, -0.2) is 72.8 Å². The molecule has 1 aromatic carbocycles. The molecule has 0 unspecified atom stereocenters. The van der Waals surface area contributed by atoms with Gasteiger partial charge in [0.25, 0.3) is 23.6 Å². The molecule has 1 rings (SSSR count). The van der Waals surface area contributed by atoms with Crippen molar-refractivity contribution in [3.8, 4) is 0 Å². The quantitative estimate of drug-likeness (QED) is 0.202. The maximum atomic E-state index is 12.6. The Morgan fingerprint density at radius 2 is 0.700 bits per heavy atom. The highest BCUT2D eigenvalue weighted by Crippen LogP contribution is 2.19. The molecule has 0 saturated heterocycles. The second-order valence-electron chi connectivity index (χ2n) is 5.86. The van der Waals surface area contributed by atoms with E-state index in [1.54, 1.807) is 0 Å². The van der Waals surface area contributed by atoms with Crippen LogP contribution in [0.2, 0.25) is 0 Å². The molecule has 166 valence electrons. The van der Waals surface area contributed by atoms with Crippen molar-refractivity contribution in [1.29, 1.82) is 0 Å². The summed E-state index contributed by atoms with van der Waals surface area (Å²) in [5.41, 5.74) is -0.0733. The third kappa shape index (κ3) is 7.97. The Kier molecular flexibility index (Phi) is 12.8. The highest BCUT2D eigenvalue weighted by Gasteiger charge is 2.25. The molecule has 0 aliphatic carbocycles. The van der Waals surface area contributed by atoms with Gasteiger partial charge in [0.05, 0.1) is 22.3 Å². The van der Waals surface area contributed by atoms with E-state index in [-0.39, 0.29) is 48.4 Å². The zero-order valence-corrected chi connectivity index (χ0v) is 19.8. The zero-order valence-electron chi connectivity index (χ0n) is 16.2. The van der Waals surface area contributed by atoms with E-state index in [9.17, 15) is 19.2 Å². The minimum absolute atomic E-state index is 0.0183. The van der Waals surface area contributed by atoms with Gasteiger partial charge in [0.1, 0.15) is 0 Å². The molecule has 0 spiro atoms. The maximum absolute atomic E-state index is 12.6. The highest BCUT2D eigenvalue weighted by molar-refractivity contribution is 7.80. The molecule has 0 aromatic heterocycles. The Labute approximate surface area is 197 Å². The fourth-order valence-corrected chi connectivity index (χ4v) is 2.86. The number of amides is 4. The number of nitrogens with one attached hydrogen (secondary N) is 4. The lowest BCUT2D eigenvalue weighted by Crippen LogP contribution is -2.35. The van der Waals surface area contributed by atoms with E-state index in [2.05, 4.69) is 71.8 Å². The molecular weight excluding hydrogens is 464 g/mol. The van der Waals surface area contributed by atoms with Crippen LogP contribution >= 0.6 is 50.5 Å². The fourth-order valence-electron chi connectivity index (χ4n) is 2.41. The van der Waals surface area contributed by atoms with Gasteiger partial charge in [-0.3, -0.25) is 19.2 Å². The van der Waals surface area contributed by atoms with Crippen LogP contribution in [0, 0.1) is 0 Å². The van der Waals surface area contributed by atoms with Gasteiger partial charge in [-0.2, -0.15) is 50.5 Å². The summed E-state index contributed by atoms with van der Waals surface area (Å²) in [4.78, 5) is 50.6. The average Bonchev–Trinajstić information content (AvgIpc) is 2.76. The number of benzene rings is 1. The molecular formula is C18H26N4O4S4. The second-order valence-corrected chi connectivity index (χ2v) is 7.65. The van der Waals surface area contributed by atoms with Crippen molar-refractivity contribution in [3.63, 3.8) is 0 Å². The van der Waals surface area contributed by atoms with E-state index in [4.69, 9.17) is 0 Å². The van der Waals surface area contributed by atoms with Gasteiger partial charge in [-0.1, -0.05) is 0 Å². The van der Waals surface area contributed by atoms with E-state index in [0.29, 0.717) is 23.0 Å². The SMILES string of the molecule is O=C(NCCS)c1cc(C(=O)NCCS)c(C(=O)NCCS)cc1C(=O)NCCS. The molecule has 0 atom stereocenters. The Morgan fingerprint density at radius 3 is 0.867 bits per heavy atom. The first kappa shape index (κ1) is 26.5. The van der Waals surface area contributed by atoms with Crippen LogP contribution in [0.5, 0.6) is 0 Å². The van der Waals surface area contributed by atoms with Gasteiger partial charge >= 0.3 is 0 Å². The van der Waals surface area contributed by atoms with Crippen molar-refractivity contribution < 1.29 is 19.2 Å². The Morgan fingerprint density at radius 1 is 0.500 bits per heavy atom. The van der Waals surface area contributed by atoms with Gasteiger partial charge in [-0.15, -0.1) is 0 Å². The summed E-state index contributed by atoms with van der Waals surface area (Å²) in [5.74, 6) is -0.620. The molecule has 1 aromatic rings. The normalized spacial score (nSPS) is 10.3. The second kappa shape index (κ2) is 14.5. The molecule has 0 radical (unpaired) electrons. The van der Waals surface area contributed by atoms with E-state index in [0.717, 1.165) is 0 Å². The van der Waals surface area contributed by atoms with Crippen molar-refractivity contribution >= 4 is 74.1 Å². The molecule has 0 bridgehead atoms. The third-order valence-corrected chi connectivity index (χ3v) is 4.62. The van der Waals surface area contributed by atoms with Gasteiger partial charge < -0.3 is 21.3 Å². The number of hydrogen-bond acceptors (Lipinski definition) is 8. The van der Waals surface area contributed by atoms with E-state index in [1.807, 2.05) is 0 Å². The molecule has 12 heteroatoms. The van der Waals surface area contributed by atoms with Crippen molar-refractivity contribution in [2.45, 2.75) is 0 Å². The monoisotopic (exact) mass is 490 g/mol. The maximum Gasteiger partial charge on any atom is 0.252 e. The lowest BCUT2D eigenvalue weighted by Gasteiger charge is -2.16. The number of carbonyl (C=O) groups is 4. The van der Waals surface area contributed by atoms with Crippen molar-refractivity contribution in [1.82, 2.24) is 21.3 Å². The Balaban J connectivity index is 3.54. The predicted molar refractivity (Wildman–Crippen MR) is 131 cm³/mol. The summed E-state index contributed by atoms with van der Waals surface area (Å²) in [6.07, 6.45) is 0. The molecule has 0 aliphatic rings. The third-order valence-electron chi connectivity index (χ3n) is 3.73. The largest absolute Gasteiger partial charge is 0.351 e. The van der Waals surface area contributed by atoms with Crippen LogP contribution in [0.4, 0.5) is 0 Å². The molecule has 4 N–H and O–H groups in total. The molecule has 30 heavy (non-hydrogen) atoms. The van der Waals surface area contributed by atoms with Crippen molar-refractivity contribution in [3.05, 3.63) is 34.4 Å². The average molecular weight is 491 g/mol. The van der Waals surface area contributed by atoms with Crippen LogP contribution in [0.3, 0.4) is 0 Å². The van der Waals surface area contributed by atoms with Crippen molar-refractivity contribution in [2.75, 3.05) is 49.2 Å². The minimum atomic E-state index is -0.550. The Hall–Kier alpha value is -1.50. The van der Waals surface area contributed by atoms with Gasteiger partial charge in [0.15, 0.2) is 0 Å². The van der Waals surface area contributed by atoms with Gasteiger partial charge in [0, 0.05) is 49.2 Å². The van der Waals surface area contributed by atoms with Crippen LogP contribution in [-0.2, 0) is 0 Å². The molecule has 0 saturated carbocycles. The molecule has 4 amide bonds. The molecule has 0 fully saturated rings. The lowest BCUT2D eigenvalue weighted by atomic mass is 9.95. The summed E-state index contributed by atoms with van der Waals surface area (Å²) in [6.45, 7) is 1.08. The van der Waals surface area contributed by atoms with E-state index in [1.165, 1.54) is 12.1 Å². The summed E-state index contributed by atoms with van der Waals surface area (Å²) in [6, 6.07) is 2.51. The Bertz CT molecular complexity index is 655. The topological polar surface area (TPSA) is 116 Å². The van der Waals surface area contributed by atoms with Crippen LogP contribution in [0.25, 0.3) is 0 Å². The summed E-state index contributed by atoms with van der Waals surface area (Å²) >= 11 is 16.2. The van der Waals surface area contributed by atoms with Crippen LogP contribution < -0.4 is 21.3 Å². The van der Waals surface area contributed by atoms with E-state index >= 15 is 0 Å². The smallest absolute Gasteiger partial charge is 0.252 e. The number of hydrogen-bond donors (Lipinski definition) is 8. The van der Waals surface area contributed by atoms with Crippen LogP contribution in [0.1, 0.15) is 41.4 Å². The molecule has 8 nitrogen and oxygen atoms in total. The minimum Gasteiger partial charge on any atom is -0.351 e. The summed E-state index contributed by atoms with van der Waals surface area (Å²) < 4.78 is 0. The molecule has 0 aliphatic heterocycles.